The zero-order chi connectivity index (χ0) is 14.8. The average molecular weight is 323 g/mol. The summed E-state index contributed by atoms with van der Waals surface area (Å²) < 4.78 is 1.83. The van der Waals surface area contributed by atoms with Crippen molar-refractivity contribution in [3.05, 3.63) is 35.6 Å². The van der Waals surface area contributed by atoms with Crippen LogP contribution in [-0.4, -0.2) is 32.0 Å². The van der Waals surface area contributed by atoms with Gasteiger partial charge >= 0.3 is 0 Å². The first-order valence-corrected chi connectivity index (χ1v) is 8.02. The van der Waals surface area contributed by atoms with E-state index in [1.54, 1.807) is 6.33 Å². The van der Waals surface area contributed by atoms with Gasteiger partial charge in [-0.3, -0.25) is 9.36 Å². The van der Waals surface area contributed by atoms with Crippen LogP contribution in [-0.2, 0) is 4.79 Å². The van der Waals surface area contributed by atoms with Crippen LogP contribution in [0.3, 0.4) is 0 Å². The minimum Gasteiger partial charge on any atom is -0.352 e. The molecule has 1 aromatic carbocycles. The number of rotatable bonds is 5. The van der Waals surface area contributed by atoms with E-state index in [4.69, 9.17) is 11.6 Å². The Labute approximate surface area is 132 Å². The van der Waals surface area contributed by atoms with Gasteiger partial charge in [0, 0.05) is 11.1 Å². The fraction of sp³-hybridized carbons (Fsp3) is 0.357. The first kappa shape index (κ1) is 14.4. The molecular weight excluding hydrogens is 308 g/mol. The summed E-state index contributed by atoms with van der Waals surface area (Å²) in [4.78, 5) is 12.0. The summed E-state index contributed by atoms with van der Waals surface area (Å²) in [6, 6.07) is 7.81. The molecule has 0 bridgehead atoms. The molecule has 5 nitrogen and oxygen atoms in total. The molecule has 110 valence electrons. The van der Waals surface area contributed by atoms with Gasteiger partial charge in [-0.1, -0.05) is 29.4 Å². The maximum absolute atomic E-state index is 12.0. The lowest BCUT2D eigenvalue weighted by Crippen LogP contribution is -2.32. The molecule has 0 saturated heterocycles. The lowest BCUT2D eigenvalue weighted by atomic mass is 10.3. The normalized spacial score (nSPS) is 15.7. The zero-order valence-electron chi connectivity index (χ0n) is 11.5. The van der Waals surface area contributed by atoms with Crippen molar-refractivity contribution in [3.63, 3.8) is 0 Å². The highest BCUT2D eigenvalue weighted by atomic mass is 35.5. The standard InChI is InChI=1S/C14H15ClN4OS/c1-9(13(20)17-11-5-6-11)21-14-18-16-8-19(14)12-4-2-3-10(15)7-12/h2-4,7-9,11H,5-6H2,1H3,(H,17,20). The van der Waals surface area contributed by atoms with Gasteiger partial charge < -0.3 is 5.32 Å². The number of nitrogens with one attached hydrogen (secondary N) is 1. The third-order valence-corrected chi connectivity index (χ3v) is 4.47. The highest BCUT2D eigenvalue weighted by Gasteiger charge is 2.26. The second-order valence-corrected chi connectivity index (χ2v) is 6.75. The molecule has 1 heterocycles. The third kappa shape index (κ3) is 3.57. The molecule has 1 atom stereocenters. The van der Waals surface area contributed by atoms with Crippen LogP contribution in [0.1, 0.15) is 19.8 Å². The van der Waals surface area contributed by atoms with E-state index in [1.807, 2.05) is 35.8 Å². The highest BCUT2D eigenvalue weighted by Crippen LogP contribution is 2.26. The van der Waals surface area contributed by atoms with E-state index in [0.29, 0.717) is 16.2 Å². The Morgan fingerprint density at radius 3 is 3.05 bits per heavy atom. The van der Waals surface area contributed by atoms with E-state index >= 15 is 0 Å². The minimum atomic E-state index is -0.215. The Kier molecular flexibility index (Phi) is 4.17. The summed E-state index contributed by atoms with van der Waals surface area (Å²) in [6.45, 7) is 1.87. The van der Waals surface area contributed by atoms with Crippen LogP contribution in [0.15, 0.2) is 35.7 Å². The van der Waals surface area contributed by atoms with Crippen molar-refractivity contribution in [2.24, 2.45) is 0 Å². The molecule has 0 radical (unpaired) electrons. The molecule has 1 aromatic heterocycles. The molecule has 2 aromatic rings. The molecular formula is C14H15ClN4OS. The number of carbonyl (C=O) groups excluding carboxylic acids is 1. The predicted molar refractivity (Wildman–Crippen MR) is 82.9 cm³/mol. The van der Waals surface area contributed by atoms with Gasteiger partial charge in [0.2, 0.25) is 5.91 Å². The first-order chi connectivity index (χ1) is 10.1. The maximum Gasteiger partial charge on any atom is 0.233 e. The van der Waals surface area contributed by atoms with Crippen LogP contribution >= 0.6 is 23.4 Å². The Bertz CT molecular complexity index is 656. The number of hydrogen-bond acceptors (Lipinski definition) is 4. The molecule has 1 unspecified atom stereocenters. The Balaban J connectivity index is 1.74. The molecule has 21 heavy (non-hydrogen) atoms. The van der Waals surface area contributed by atoms with E-state index < -0.39 is 0 Å². The molecule has 0 aliphatic heterocycles. The van der Waals surface area contributed by atoms with Crippen molar-refractivity contribution in [3.8, 4) is 5.69 Å². The summed E-state index contributed by atoms with van der Waals surface area (Å²) in [5.41, 5.74) is 0.879. The monoisotopic (exact) mass is 322 g/mol. The van der Waals surface area contributed by atoms with Gasteiger partial charge in [0.15, 0.2) is 5.16 Å². The summed E-state index contributed by atoms with van der Waals surface area (Å²) in [7, 11) is 0. The predicted octanol–water partition coefficient (Wildman–Crippen LogP) is 2.68. The molecule has 1 N–H and O–H groups in total. The van der Waals surface area contributed by atoms with E-state index in [1.165, 1.54) is 11.8 Å². The third-order valence-electron chi connectivity index (χ3n) is 3.18. The Morgan fingerprint density at radius 1 is 1.52 bits per heavy atom. The smallest absolute Gasteiger partial charge is 0.233 e. The van der Waals surface area contributed by atoms with Gasteiger partial charge in [0.05, 0.1) is 10.9 Å². The van der Waals surface area contributed by atoms with Crippen LogP contribution in [0.4, 0.5) is 0 Å². The lowest BCUT2D eigenvalue weighted by molar-refractivity contribution is -0.120. The number of carbonyl (C=O) groups is 1. The number of nitrogens with zero attached hydrogens (tertiary/aromatic N) is 3. The average Bonchev–Trinajstić information content (AvgIpc) is 3.15. The van der Waals surface area contributed by atoms with Crippen LogP contribution in [0.5, 0.6) is 0 Å². The Morgan fingerprint density at radius 2 is 2.33 bits per heavy atom. The topological polar surface area (TPSA) is 59.8 Å². The maximum atomic E-state index is 12.0. The molecule has 1 aliphatic carbocycles. The molecule has 1 saturated carbocycles. The summed E-state index contributed by atoms with van der Waals surface area (Å²) in [5.74, 6) is 0.0446. The van der Waals surface area contributed by atoms with Gasteiger partial charge in [-0.25, -0.2) is 0 Å². The van der Waals surface area contributed by atoms with Crippen LogP contribution < -0.4 is 5.32 Å². The van der Waals surface area contributed by atoms with Crippen LogP contribution in [0.2, 0.25) is 5.02 Å². The number of halogens is 1. The fourth-order valence-corrected chi connectivity index (χ4v) is 2.90. The van der Waals surface area contributed by atoms with E-state index in [9.17, 15) is 4.79 Å². The molecule has 0 spiro atoms. The molecule has 3 rings (SSSR count). The number of hydrogen-bond donors (Lipinski definition) is 1. The van der Waals surface area contributed by atoms with E-state index in [2.05, 4.69) is 15.5 Å². The molecule has 1 amide bonds. The van der Waals surface area contributed by atoms with Gasteiger partial charge in [-0.05, 0) is 38.0 Å². The Hall–Kier alpha value is -1.53. The van der Waals surface area contributed by atoms with Crippen LogP contribution in [0.25, 0.3) is 5.69 Å². The second kappa shape index (κ2) is 6.07. The number of amides is 1. The van der Waals surface area contributed by atoms with Crippen molar-refractivity contribution in [1.82, 2.24) is 20.1 Å². The molecule has 7 heteroatoms. The number of aromatic nitrogens is 3. The molecule has 1 aliphatic rings. The SMILES string of the molecule is CC(Sc1nncn1-c1cccc(Cl)c1)C(=O)NC1CC1. The van der Waals surface area contributed by atoms with Crippen molar-refractivity contribution in [1.29, 1.82) is 0 Å². The van der Waals surface area contributed by atoms with Gasteiger partial charge in [0.25, 0.3) is 0 Å². The highest BCUT2D eigenvalue weighted by molar-refractivity contribution is 8.00. The zero-order valence-corrected chi connectivity index (χ0v) is 13.1. The fourth-order valence-electron chi connectivity index (χ4n) is 1.87. The quantitative estimate of drug-likeness (QED) is 0.860. The van der Waals surface area contributed by atoms with Gasteiger partial charge in [-0.2, -0.15) is 0 Å². The number of benzene rings is 1. The first-order valence-electron chi connectivity index (χ1n) is 6.76. The summed E-state index contributed by atoms with van der Waals surface area (Å²) >= 11 is 7.40. The summed E-state index contributed by atoms with van der Waals surface area (Å²) in [5, 5.41) is 12.1. The lowest BCUT2D eigenvalue weighted by Gasteiger charge is -2.12. The van der Waals surface area contributed by atoms with Crippen molar-refractivity contribution in [2.75, 3.05) is 0 Å². The largest absolute Gasteiger partial charge is 0.352 e. The van der Waals surface area contributed by atoms with Crippen molar-refractivity contribution in [2.45, 2.75) is 36.2 Å². The van der Waals surface area contributed by atoms with E-state index in [0.717, 1.165) is 18.5 Å². The molecule has 1 fully saturated rings. The van der Waals surface area contributed by atoms with E-state index in [-0.39, 0.29) is 11.2 Å². The van der Waals surface area contributed by atoms with Crippen LogP contribution in [0, 0.1) is 0 Å². The van der Waals surface area contributed by atoms with Gasteiger partial charge in [0.1, 0.15) is 6.33 Å². The minimum absolute atomic E-state index is 0.0446. The summed E-state index contributed by atoms with van der Waals surface area (Å²) in [6.07, 6.45) is 3.79. The number of thioether (sulfide) groups is 1. The second-order valence-electron chi connectivity index (χ2n) is 5.01. The van der Waals surface area contributed by atoms with Crippen molar-refractivity contribution < 1.29 is 4.79 Å². The van der Waals surface area contributed by atoms with Gasteiger partial charge in [-0.15, -0.1) is 10.2 Å². The van der Waals surface area contributed by atoms with Crippen molar-refractivity contribution >= 4 is 29.3 Å².